The molecule has 0 amide bonds. The molecule has 1 heterocycles. The molecule has 2 aliphatic rings. The molecule has 1 N–H and O–H groups in total. The number of hydrogen-bond donors (Lipinski definition) is 1. The molecule has 4 atom stereocenters. The van der Waals surface area contributed by atoms with Crippen LogP contribution in [-0.4, -0.2) is 36.5 Å². The summed E-state index contributed by atoms with van der Waals surface area (Å²) in [6.07, 6.45) is 2.30. The number of fused-ring (bicyclic) bond motifs is 1. The van der Waals surface area contributed by atoms with Gasteiger partial charge in [-0.05, 0) is 0 Å². The molecule has 1 aliphatic carbocycles. The van der Waals surface area contributed by atoms with E-state index in [1.54, 1.807) is 12.2 Å². The van der Waals surface area contributed by atoms with Gasteiger partial charge in [0.25, 0.3) is 0 Å². The second kappa shape index (κ2) is 2.57. The van der Waals surface area contributed by atoms with E-state index in [-0.39, 0.29) is 24.1 Å². The Morgan fingerprint density at radius 1 is 1.50 bits per heavy atom. The zero-order chi connectivity index (χ0) is 8.72. The number of methoxy groups -OCH3 is 1. The summed E-state index contributed by atoms with van der Waals surface area (Å²) in [5, 5.41) is 9.23. The standard InChI is InChI=1S/C8H10O4/c1-11-8(10)4-2-3-5(9)7-6(4)12-7/h2-7,9H,1H3. The number of esters is 1. The third-order valence-corrected chi connectivity index (χ3v) is 2.24. The van der Waals surface area contributed by atoms with Gasteiger partial charge in [-0.3, -0.25) is 4.79 Å². The molecule has 12 heavy (non-hydrogen) atoms. The highest BCUT2D eigenvalue weighted by atomic mass is 16.6. The normalized spacial score (nSPS) is 43.5. The molecule has 0 aromatic carbocycles. The Labute approximate surface area is 69.8 Å². The number of ether oxygens (including phenoxy) is 2. The number of hydrogen-bond acceptors (Lipinski definition) is 4. The van der Waals surface area contributed by atoms with Gasteiger partial charge in [-0.2, -0.15) is 0 Å². The van der Waals surface area contributed by atoms with Crippen LogP contribution in [0.3, 0.4) is 0 Å². The van der Waals surface area contributed by atoms with E-state index in [1.807, 2.05) is 0 Å². The number of carbonyl (C=O) groups is 1. The number of aliphatic hydroxyl groups is 1. The lowest BCUT2D eigenvalue weighted by Gasteiger charge is -2.12. The summed E-state index contributed by atoms with van der Waals surface area (Å²) in [5.74, 6) is -0.631. The van der Waals surface area contributed by atoms with Crippen molar-refractivity contribution in [2.75, 3.05) is 7.11 Å². The molecule has 0 bridgehead atoms. The van der Waals surface area contributed by atoms with Gasteiger partial charge < -0.3 is 14.6 Å². The first-order valence-electron chi connectivity index (χ1n) is 3.83. The highest BCUT2D eigenvalue weighted by Gasteiger charge is 2.53. The molecule has 0 saturated carbocycles. The highest BCUT2D eigenvalue weighted by molar-refractivity contribution is 5.76. The lowest BCUT2D eigenvalue weighted by Crippen LogP contribution is -2.28. The van der Waals surface area contributed by atoms with Crippen LogP contribution in [0.2, 0.25) is 0 Å². The largest absolute Gasteiger partial charge is 0.468 e. The van der Waals surface area contributed by atoms with Crippen LogP contribution in [0, 0.1) is 5.92 Å². The van der Waals surface area contributed by atoms with Crippen LogP contribution in [0.15, 0.2) is 12.2 Å². The summed E-state index contributed by atoms with van der Waals surface area (Å²) >= 11 is 0. The summed E-state index contributed by atoms with van der Waals surface area (Å²) < 4.78 is 9.68. The van der Waals surface area contributed by atoms with Crippen molar-refractivity contribution in [2.24, 2.45) is 5.92 Å². The average molecular weight is 170 g/mol. The lowest BCUT2D eigenvalue weighted by molar-refractivity contribution is -0.144. The Morgan fingerprint density at radius 3 is 2.92 bits per heavy atom. The minimum absolute atomic E-state index is 0.169. The van der Waals surface area contributed by atoms with E-state index < -0.39 is 6.10 Å². The first-order chi connectivity index (χ1) is 5.74. The maximum absolute atomic E-state index is 11.1. The minimum Gasteiger partial charge on any atom is -0.468 e. The maximum atomic E-state index is 11.1. The summed E-state index contributed by atoms with van der Waals surface area (Å²) in [5.41, 5.74) is 0. The predicted molar refractivity (Wildman–Crippen MR) is 39.3 cm³/mol. The van der Waals surface area contributed by atoms with Crippen LogP contribution in [0.1, 0.15) is 0 Å². The summed E-state index contributed by atoms with van der Waals surface area (Å²) in [6.45, 7) is 0. The topological polar surface area (TPSA) is 59.1 Å². The molecule has 2 rings (SSSR count). The molecule has 4 unspecified atom stereocenters. The highest BCUT2D eigenvalue weighted by Crippen LogP contribution is 2.37. The zero-order valence-electron chi connectivity index (χ0n) is 6.64. The predicted octanol–water partition coefficient (Wildman–Crippen LogP) is -0.526. The second-order valence-electron chi connectivity index (χ2n) is 2.99. The fourth-order valence-corrected chi connectivity index (χ4v) is 1.50. The van der Waals surface area contributed by atoms with Gasteiger partial charge in [0, 0.05) is 0 Å². The molecule has 1 aliphatic heterocycles. The molecule has 0 aromatic heterocycles. The molecule has 0 spiro atoms. The van der Waals surface area contributed by atoms with Crippen molar-refractivity contribution in [1.29, 1.82) is 0 Å². The summed E-state index contributed by atoms with van der Waals surface area (Å²) in [4.78, 5) is 11.1. The van der Waals surface area contributed by atoms with Crippen LogP contribution in [0.4, 0.5) is 0 Å². The number of carbonyl (C=O) groups excluding carboxylic acids is 1. The van der Waals surface area contributed by atoms with Gasteiger partial charge >= 0.3 is 5.97 Å². The van der Waals surface area contributed by atoms with Crippen LogP contribution in [-0.2, 0) is 14.3 Å². The molecule has 0 radical (unpaired) electrons. The van der Waals surface area contributed by atoms with Crippen LogP contribution < -0.4 is 0 Å². The Hall–Kier alpha value is -0.870. The van der Waals surface area contributed by atoms with E-state index in [2.05, 4.69) is 4.74 Å². The van der Waals surface area contributed by atoms with Gasteiger partial charge in [-0.15, -0.1) is 0 Å². The Kier molecular flexibility index (Phi) is 1.66. The van der Waals surface area contributed by atoms with E-state index in [0.29, 0.717) is 0 Å². The Bertz CT molecular complexity index is 235. The van der Waals surface area contributed by atoms with Crippen molar-refractivity contribution in [2.45, 2.75) is 18.3 Å². The second-order valence-corrected chi connectivity index (χ2v) is 2.99. The van der Waals surface area contributed by atoms with Crippen molar-refractivity contribution in [3.8, 4) is 0 Å². The molecule has 4 nitrogen and oxygen atoms in total. The van der Waals surface area contributed by atoms with Crippen LogP contribution in [0.25, 0.3) is 0 Å². The van der Waals surface area contributed by atoms with Gasteiger partial charge in [0.05, 0.1) is 7.11 Å². The maximum Gasteiger partial charge on any atom is 0.315 e. The lowest BCUT2D eigenvalue weighted by atomic mass is 9.94. The van der Waals surface area contributed by atoms with Gasteiger partial charge in [0.2, 0.25) is 0 Å². The first-order valence-corrected chi connectivity index (χ1v) is 3.83. The third kappa shape index (κ3) is 1.04. The Morgan fingerprint density at radius 2 is 2.25 bits per heavy atom. The molecular weight excluding hydrogens is 160 g/mol. The number of aliphatic hydroxyl groups excluding tert-OH is 1. The van der Waals surface area contributed by atoms with Crippen molar-refractivity contribution < 1.29 is 19.4 Å². The summed E-state index contributed by atoms with van der Waals surface area (Å²) in [6, 6.07) is 0. The van der Waals surface area contributed by atoms with E-state index >= 15 is 0 Å². The quantitative estimate of drug-likeness (QED) is 0.326. The van der Waals surface area contributed by atoms with Crippen molar-refractivity contribution in [3.05, 3.63) is 12.2 Å². The zero-order valence-corrected chi connectivity index (χ0v) is 6.64. The molecule has 66 valence electrons. The van der Waals surface area contributed by atoms with Crippen molar-refractivity contribution in [1.82, 2.24) is 0 Å². The SMILES string of the molecule is COC(=O)C1C=CC(O)C2OC12. The summed E-state index contributed by atoms with van der Waals surface area (Å²) in [7, 11) is 1.35. The molecule has 4 heteroatoms. The van der Waals surface area contributed by atoms with Crippen LogP contribution in [0.5, 0.6) is 0 Å². The van der Waals surface area contributed by atoms with Gasteiger partial charge in [-0.1, -0.05) is 12.2 Å². The van der Waals surface area contributed by atoms with Gasteiger partial charge in [0.1, 0.15) is 24.2 Å². The third-order valence-electron chi connectivity index (χ3n) is 2.24. The molecular formula is C8H10O4. The minimum atomic E-state index is -0.559. The number of rotatable bonds is 1. The fourth-order valence-electron chi connectivity index (χ4n) is 1.50. The molecule has 1 saturated heterocycles. The van der Waals surface area contributed by atoms with Gasteiger partial charge in [0.15, 0.2) is 0 Å². The van der Waals surface area contributed by atoms with E-state index in [0.717, 1.165) is 0 Å². The molecule has 0 aromatic rings. The van der Waals surface area contributed by atoms with E-state index in [1.165, 1.54) is 7.11 Å². The van der Waals surface area contributed by atoms with E-state index in [4.69, 9.17) is 4.74 Å². The van der Waals surface area contributed by atoms with E-state index in [9.17, 15) is 9.90 Å². The Balaban J connectivity index is 2.10. The fraction of sp³-hybridized carbons (Fsp3) is 0.625. The smallest absolute Gasteiger partial charge is 0.315 e. The van der Waals surface area contributed by atoms with Crippen molar-refractivity contribution >= 4 is 5.97 Å². The first kappa shape index (κ1) is 7.76. The van der Waals surface area contributed by atoms with Gasteiger partial charge in [-0.25, -0.2) is 0 Å². The monoisotopic (exact) mass is 170 g/mol. The van der Waals surface area contributed by atoms with Crippen LogP contribution >= 0.6 is 0 Å². The molecule has 1 fully saturated rings. The van der Waals surface area contributed by atoms with Crippen molar-refractivity contribution in [3.63, 3.8) is 0 Å². The average Bonchev–Trinajstić information content (AvgIpc) is 2.84. The number of epoxide rings is 1.